The molecule has 8 heteroatoms. The smallest absolute Gasteiger partial charge is 0.416 e. The van der Waals surface area contributed by atoms with E-state index in [-0.39, 0.29) is 5.92 Å². The number of hydrogen-bond donors (Lipinski definition) is 1. The van der Waals surface area contributed by atoms with Crippen LogP contribution in [-0.4, -0.2) is 30.6 Å². The van der Waals surface area contributed by atoms with Crippen molar-refractivity contribution in [1.29, 1.82) is 0 Å². The molecule has 178 valence electrons. The summed E-state index contributed by atoms with van der Waals surface area (Å²) in [7, 11) is 0. The second-order valence-electron chi connectivity index (χ2n) is 8.68. The van der Waals surface area contributed by atoms with Crippen LogP contribution in [0, 0.1) is 11.7 Å². The number of likely N-dealkylation sites (tertiary alicyclic amines) is 1. The Kier molecular flexibility index (Phi) is 6.68. The van der Waals surface area contributed by atoms with Gasteiger partial charge < -0.3 is 20.1 Å². The Morgan fingerprint density at radius 1 is 1.06 bits per heavy atom. The number of rotatable bonds is 6. The molecule has 0 radical (unpaired) electrons. The highest BCUT2D eigenvalue weighted by molar-refractivity contribution is 5.69. The fraction of sp³-hybridized carbons (Fsp3) is 0.440. The van der Waals surface area contributed by atoms with E-state index in [1.807, 2.05) is 0 Å². The monoisotopic (exact) mass is 464 g/mol. The Labute approximate surface area is 191 Å². The summed E-state index contributed by atoms with van der Waals surface area (Å²) in [5, 5.41) is 0. The fourth-order valence-electron chi connectivity index (χ4n) is 4.87. The average molecular weight is 465 g/mol. The van der Waals surface area contributed by atoms with Crippen molar-refractivity contribution in [2.45, 2.75) is 44.2 Å². The molecule has 0 aliphatic carbocycles. The molecule has 2 aromatic carbocycles. The molecular formula is C25H28F4N2O2. The first kappa shape index (κ1) is 23.6. The van der Waals surface area contributed by atoms with Gasteiger partial charge in [0.2, 0.25) is 0 Å². The van der Waals surface area contributed by atoms with E-state index in [1.165, 1.54) is 36.8 Å². The molecule has 4 rings (SSSR count). The quantitative estimate of drug-likeness (QED) is 0.563. The first-order valence-electron chi connectivity index (χ1n) is 11.2. The van der Waals surface area contributed by atoms with Crippen molar-refractivity contribution in [1.82, 2.24) is 4.90 Å². The first-order chi connectivity index (χ1) is 15.7. The molecule has 1 saturated heterocycles. The van der Waals surface area contributed by atoms with Gasteiger partial charge in [0.1, 0.15) is 18.3 Å². The molecule has 2 N–H and O–H groups in total. The van der Waals surface area contributed by atoms with Gasteiger partial charge in [-0.1, -0.05) is 12.1 Å². The molecule has 2 aliphatic heterocycles. The van der Waals surface area contributed by atoms with Crippen molar-refractivity contribution in [2.24, 2.45) is 11.7 Å². The molecule has 0 spiro atoms. The van der Waals surface area contributed by atoms with Crippen LogP contribution in [0.1, 0.15) is 37.3 Å². The molecule has 2 aromatic rings. The summed E-state index contributed by atoms with van der Waals surface area (Å²) >= 11 is 0. The first-order valence-corrected chi connectivity index (χ1v) is 11.2. The second kappa shape index (κ2) is 9.35. The number of nitrogens with two attached hydrogens (primary N) is 1. The molecule has 1 fully saturated rings. The second-order valence-corrected chi connectivity index (χ2v) is 8.68. The zero-order valence-corrected chi connectivity index (χ0v) is 18.4. The van der Waals surface area contributed by atoms with Crippen molar-refractivity contribution >= 4 is 0 Å². The largest absolute Gasteiger partial charge is 0.452 e. The molecule has 1 atom stereocenters. The van der Waals surface area contributed by atoms with Crippen molar-refractivity contribution in [2.75, 3.05) is 19.6 Å². The van der Waals surface area contributed by atoms with Gasteiger partial charge in [0, 0.05) is 17.5 Å². The maximum absolute atomic E-state index is 14.3. The van der Waals surface area contributed by atoms with Crippen LogP contribution in [-0.2, 0) is 21.4 Å². The summed E-state index contributed by atoms with van der Waals surface area (Å²) in [5.74, 6) is -1.66. The van der Waals surface area contributed by atoms with E-state index in [0.717, 1.165) is 44.5 Å². The fourth-order valence-corrected chi connectivity index (χ4v) is 4.87. The van der Waals surface area contributed by atoms with Crippen molar-refractivity contribution in [3.05, 3.63) is 71.9 Å². The van der Waals surface area contributed by atoms with Crippen LogP contribution in [0.2, 0.25) is 0 Å². The van der Waals surface area contributed by atoms with Crippen LogP contribution >= 0.6 is 0 Å². The molecule has 0 saturated carbocycles. The van der Waals surface area contributed by atoms with E-state index in [9.17, 15) is 17.6 Å². The minimum Gasteiger partial charge on any atom is -0.452 e. The predicted octanol–water partition coefficient (Wildman–Crippen LogP) is 5.63. The lowest BCUT2D eigenvalue weighted by molar-refractivity contribution is -0.201. The Morgan fingerprint density at radius 3 is 2.27 bits per heavy atom. The molecule has 0 amide bonds. The molecule has 33 heavy (non-hydrogen) atoms. The lowest BCUT2D eigenvalue weighted by Gasteiger charge is -2.43. The Hall–Kier alpha value is -2.58. The van der Waals surface area contributed by atoms with E-state index < -0.39 is 23.3 Å². The van der Waals surface area contributed by atoms with Gasteiger partial charge in [-0.25, -0.2) is 4.39 Å². The van der Waals surface area contributed by atoms with Gasteiger partial charge in [-0.2, -0.15) is 13.2 Å². The number of nitrogens with zero attached hydrogens (tertiary/aromatic N) is 1. The lowest BCUT2D eigenvalue weighted by Crippen LogP contribution is -2.47. The average Bonchev–Trinajstić information content (AvgIpc) is 3.30. The highest BCUT2D eigenvalue weighted by Crippen LogP contribution is 2.47. The van der Waals surface area contributed by atoms with E-state index in [4.69, 9.17) is 15.2 Å². The molecule has 0 aromatic heterocycles. The number of alkyl halides is 3. The molecule has 2 aliphatic rings. The summed E-state index contributed by atoms with van der Waals surface area (Å²) in [5.41, 5.74) is 6.47. The number of ether oxygens (including phenoxy) is 2. The van der Waals surface area contributed by atoms with Gasteiger partial charge in [-0.3, -0.25) is 0 Å². The highest BCUT2D eigenvalue weighted by atomic mass is 19.4. The standard InChI is InChI=1S/C25H28F4N2O2/c1-17(8-11-30)31-12-9-19(10-13-31)24(32-14-15-33-24)23-7-6-21(26)16-22(23)18-2-4-20(5-3-18)25(27,28)29/h2-7,14-17,19H,8-13,30H2,1H3. The number of hydrogen-bond acceptors (Lipinski definition) is 4. The van der Waals surface area contributed by atoms with Gasteiger partial charge in [0.05, 0.1) is 5.56 Å². The van der Waals surface area contributed by atoms with Crippen molar-refractivity contribution in [3.8, 4) is 11.1 Å². The molecule has 1 unspecified atom stereocenters. The third-order valence-corrected chi connectivity index (χ3v) is 6.70. The third-order valence-electron chi connectivity index (χ3n) is 6.70. The van der Waals surface area contributed by atoms with Crippen LogP contribution in [0.3, 0.4) is 0 Å². The third kappa shape index (κ3) is 4.73. The zero-order chi connectivity index (χ0) is 23.6. The Bertz CT molecular complexity index is 975. The van der Waals surface area contributed by atoms with Crippen LogP contribution in [0.5, 0.6) is 0 Å². The van der Waals surface area contributed by atoms with E-state index >= 15 is 0 Å². The minimum atomic E-state index is -4.44. The molecule has 2 heterocycles. The van der Waals surface area contributed by atoms with Gasteiger partial charge in [-0.05, 0) is 87.3 Å². The summed E-state index contributed by atoms with van der Waals surface area (Å²) in [6, 6.07) is 9.35. The van der Waals surface area contributed by atoms with Gasteiger partial charge >= 0.3 is 6.18 Å². The van der Waals surface area contributed by atoms with Gasteiger partial charge in [0.25, 0.3) is 5.79 Å². The van der Waals surface area contributed by atoms with Gasteiger partial charge in [0.15, 0.2) is 0 Å². The van der Waals surface area contributed by atoms with Crippen molar-refractivity contribution < 1.29 is 27.0 Å². The van der Waals surface area contributed by atoms with Gasteiger partial charge in [-0.15, -0.1) is 0 Å². The Morgan fingerprint density at radius 2 is 1.70 bits per heavy atom. The summed E-state index contributed by atoms with van der Waals surface area (Å²) in [6.45, 7) is 4.48. The maximum Gasteiger partial charge on any atom is 0.416 e. The van der Waals surface area contributed by atoms with E-state index in [1.54, 1.807) is 6.07 Å². The maximum atomic E-state index is 14.3. The van der Waals surface area contributed by atoms with Crippen LogP contribution in [0.15, 0.2) is 55.0 Å². The lowest BCUT2D eigenvalue weighted by atomic mass is 9.80. The zero-order valence-electron chi connectivity index (χ0n) is 18.4. The van der Waals surface area contributed by atoms with E-state index in [0.29, 0.717) is 29.3 Å². The topological polar surface area (TPSA) is 47.7 Å². The highest BCUT2D eigenvalue weighted by Gasteiger charge is 2.49. The van der Waals surface area contributed by atoms with Crippen LogP contribution < -0.4 is 5.73 Å². The number of piperidine rings is 1. The molecule has 4 nitrogen and oxygen atoms in total. The van der Waals surface area contributed by atoms with Crippen LogP contribution in [0.25, 0.3) is 11.1 Å². The van der Waals surface area contributed by atoms with Crippen LogP contribution in [0.4, 0.5) is 17.6 Å². The predicted molar refractivity (Wildman–Crippen MR) is 117 cm³/mol. The normalized spacial score (nSPS) is 19.8. The minimum absolute atomic E-state index is 0.0208. The number of halogens is 4. The SMILES string of the molecule is CC(CCN)N1CCC(C2(c3ccc(F)cc3-c3ccc(C(F)(F)F)cc3)OC=CO2)CC1. The summed E-state index contributed by atoms with van der Waals surface area (Å²) < 4.78 is 65.5. The molecule has 0 bridgehead atoms. The van der Waals surface area contributed by atoms with Crippen molar-refractivity contribution in [3.63, 3.8) is 0 Å². The Balaban J connectivity index is 1.67. The number of benzene rings is 2. The molecular weight excluding hydrogens is 436 g/mol. The summed E-state index contributed by atoms with van der Waals surface area (Å²) in [6.07, 6.45) is 1.01. The summed E-state index contributed by atoms with van der Waals surface area (Å²) in [4.78, 5) is 2.39. The van der Waals surface area contributed by atoms with E-state index in [2.05, 4.69) is 11.8 Å².